The van der Waals surface area contributed by atoms with Gasteiger partial charge in [-0.15, -0.1) is 24.0 Å². The van der Waals surface area contributed by atoms with Crippen LogP contribution in [0, 0.1) is 0 Å². The summed E-state index contributed by atoms with van der Waals surface area (Å²) in [5.41, 5.74) is 1.09. The van der Waals surface area contributed by atoms with Crippen molar-refractivity contribution in [3.63, 3.8) is 0 Å². The maximum atomic E-state index is 5.30. The molecule has 0 aliphatic carbocycles. The minimum atomic E-state index is 0. The van der Waals surface area contributed by atoms with Gasteiger partial charge in [0.05, 0.1) is 0 Å². The molecule has 0 radical (unpaired) electrons. The van der Waals surface area contributed by atoms with Gasteiger partial charge in [-0.2, -0.15) is 0 Å². The number of halogens is 1. The van der Waals surface area contributed by atoms with Gasteiger partial charge in [0.2, 0.25) is 0 Å². The zero-order valence-corrected chi connectivity index (χ0v) is 15.3. The molecule has 0 amide bonds. The van der Waals surface area contributed by atoms with Crippen molar-refractivity contribution < 1.29 is 4.74 Å². The highest BCUT2D eigenvalue weighted by Gasteiger charge is 1.97. The Kier molecular flexibility index (Phi) is 13.5. The first-order valence-corrected chi connectivity index (χ1v) is 7.36. The zero-order valence-electron chi connectivity index (χ0n) is 13.0. The predicted octanol–water partition coefficient (Wildman–Crippen LogP) is 2.22. The lowest BCUT2D eigenvalue weighted by Gasteiger charge is -2.11. The van der Waals surface area contributed by atoms with Crippen molar-refractivity contribution >= 4 is 29.9 Å². The van der Waals surface area contributed by atoms with Crippen LogP contribution < -0.4 is 10.6 Å². The standard InChI is InChI=1S/C15H26N4O.HI/c1-3-16-15(18-11-7-13-20-4-2)19-12-9-14-8-5-6-10-17-14;/h5-6,8,10H,3-4,7,9,11-13H2,1-2H3,(H2,16,18,19);1H. The van der Waals surface area contributed by atoms with Crippen LogP contribution in [0.25, 0.3) is 0 Å². The first kappa shape index (κ1) is 20.1. The number of rotatable bonds is 9. The van der Waals surface area contributed by atoms with Crippen LogP contribution in [0.4, 0.5) is 0 Å². The molecule has 1 rings (SSSR count). The maximum Gasteiger partial charge on any atom is 0.191 e. The molecule has 0 fully saturated rings. The molecule has 0 saturated carbocycles. The number of aliphatic imine (C=N–C) groups is 1. The van der Waals surface area contributed by atoms with Crippen molar-refractivity contribution in [3.8, 4) is 0 Å². The Morgan fingerprint density at radius 1 is 1.29 bits per heavy atom. The Balaban J connectivity index is 0.00000400. The van der Waals surface area contributed by atoms with Gasteiger partial charge in [-0.05, 0) is 32.4 Å². The number of hydrogen-bond acceptors (Lipinski definition) is 3. The van der Waals surface area contributed by atoms with Crippen molar-refractivity contribution in [2.45, 2.75) is 26.7 Å². The fourth-order valence-corrected chi connectivity index (χ4v) is 1.70. The van der Waals surface area contributed by atoms with E-state index in [0.717, 1.165) is 57.3 Å². The highest BCUT2D eigenvalue weighted by molar-refractivity contribution is 14.0. The van der Waals surface area contributed by atoms with E-state index >= 15 is 0 Å². The lowest BCUT2D eigenvalue weighted by Crippen LogP contribution is -2.38. The number of ether oxygens (including phenoxy) is 1. The summed E-state index contributed by atoms with van der Waals surface area (Å²) in [4.78, 5) is 8.81. The average Bonchev–Trinajstić information content (AvgIpc) is 2.48. The second-order valence-corrected chi connectivity index (χ2v) is 4.31. The molecule has 6 heteroatoms. The quantitative estimate of drug-likeness (QED) is 0.286. The van der Waals surface area contributed by atoms with Gasteiger partial charge < -0.3 is 15.4 Å². The topological polar surface area (TPSA) is 58.5 Å². The van der Waals surface area contributed by atoms with Crippen LogP contribution in [0.3, 0.4) is 0 Å². The molecule has 1 heterocycles. The van der Waals surface area contributed by atoms with Crippen LogP contribution in [0.5, 0.6) is 0 Å². The van der Waals surface area contributed by atoms with E-state index < -0.39 is 0 Å². The smallest absolute Gasteiger partial charge is 0.191 e. The average molecular weight is 406 g/mol. The summed E-state index contributed by atoms with van der Waals surface area (Å²) in [6.45, 7) is 8.08. The number of nitrogens with one attached hydrogen (secondary N) is 2. The van der Waals surface area contributed by atoms with Gasteiger partial charge in [0.15, 0.2) is 5.96 Å². The molecular weight excluding hydrogens is 379 g/mol. The van der Waals surface area contributed by atoms with Crippen molar-refractivity contribution in [1.82, 2.24) is 15.6 Å². The molecular formula is C15H27IN4O. The van der Waals surface area contributed by atoms with Crippen LogP contribution in [-0.2, 0) is 11.2 Å². The summed E-state index contributed by atoms with van der Waals surface area (Å²) in [7, 11) is 0. The van der Waals surface area contributed by atoms with E-state index in [4.69, 9.17) is 4.74 Å². The van der Waals surface area contributed by atoms with Gasteiger partial charge in [0.25, 0.3) is 0 Å². The molecule has 0 aliphatic heterocycles. The third-order valence-electron chi connectivity index (χ3n) is 2.66. The van der Waals surface area contributed by atoms with Crippen LogP contribution >= 0.6 is 24.0 Å². The molecule has 1 aromatic rings. The van der Waals surface area contributed by atoms with E-state index in [1.165, 1.54) is 0 Å². The largest absolute Gasteiger partial charge is 0.382 e. The molecule has 0 aromatic carbocycles. The monoisotopic (exact) mass is 406 g/mol. The van der Waals surface area contributed by atoms with E-state index in [1.807, 2.05) is 31.3 Å². The summed E-state index contributed by atoms with van der Waals surface area (Å²) in [5, 5.41) is 6.56. The maximum absolute atomic E-state index is 5.30. The highest BCUT2D eigenvalue weighted by atomic mass is 127. The van der Waals surface area contributed by atoms with Crippen LogP contribution in [0.2, 0.25) is 0 Å². The highest BCUT2D eigenvalue weighted by Crippen LogP contribution is 1.93. The van der Waals surface area contributed by atoms with Crippen molar-refractivity contribution in [2.75, 3.05) is 32.8 Å². The van der Waals surface area contributed by atoms with Gasteiger partial charge in [-0.3, -0.25) is 9.98 Å². The number of nitrogens with zero attached hydrogens (tertiary/aromatic N) is 2. The van der Waals surface area contributed by atoms with Gasteiger partial charge in [0, 0.05) is 51.2 Å². The fraction of sp³-hybridized carbons (Fsp3) is 0.600. The van der Waals surface area contributed by atoms with E-state index in [0.29, 0.717) is 0 Å². The van der Waals surface area contributed by atoms with E-state index in [1.54, 1.807) is 0 Å². The Morgan fingerprint density at radius 3 is 2.81 bits per heavy atom. The summed E-state index contributed by atoms with van der Waals surface area (Å²) in [6, 6.07) is 5.98. The molecule has 0 saturated heterocycles. The Hall–Kier alpha value is -0.890. The number of guanidine groups is 1. The summed E-state index contributed by atoms with van der Waals surface area (Å²) in [5.74, 6) is 0.861. The second-order valence-electron chi connectivity index (χ2n) is 4.31. The summed E-state index contributed by atoms with van der Waals surface area (Å²) < 4.78 is 5.30. The molecule has 0 aliphatic rings. The number of aromatic nitrogens is 1. The predicted molar refractivity (Wildman–Crippen MR) is 98.4 cm³/mol. The normalized spacial score (nSPS) is 10.9. The third-order valence-corrected chi connectivity index (χ3v) is 2.66. The Bertz CT molecular complexity index is 373. The van der Waals surface area contributed by atoms with Gasteiger partial charge in [-0.1, -0.05) is 6.07 Å². The molecule has 21 heavy (non-hydrogen) atoms. The molecule has 0 spiro atoms. The third kappa shape index (κ3) is 10.5. The molecule has 0 bridgehead atoms. The minimum absolute atomic E-state index is 0. The number of hydrogen-bond donors (Lipinski definition) is 2. The zero-order chi connectivity index (χ0) is 14.5. The Labute approximate surface area is 145 Å². The van der Waals surface area contributed by atoms with E-state index in [9.17, 15) is 0 Å². The number of pyridine rings is 1. The van der Waals surface area contributed by atoms with Crippen molar-refractivity contribution in [3.05, 3.63) is 30.1 Å². The van der Waals surface area contributed by atoms with Crippen LogP contribution in [-0.4, -0.2) is 43.8 Å². The SMILES string of the molecule is CCNC(=NCCCOCC)NCCc1ccccn1.I. The molecule has 0 unspecified atom stereocenters. The summed E-state index contributed by atoms with van der Waals surface area (Å²) >= 11 is 0. The molecule has 5 nitrogen and oxygen atoms in total. The second kappa shape index (κ2) is 14.1. The van der Waals surface area contributed by atoms with Crippen molar-refractivity contribution in [2.24, 2.45) is 4.99 Å². The molecule has 2 N–H and O–H groups in total. The lowest BCUT2D eigenvalue weighted by molar-refractivity contribution is 0.146. The van der Waals surface area contributed by atoms with Gasteiger partial charge in [0.1, 0.15) is 0 Å². The van der Waals surface area contributed by atoms with E-state index in [-0.39, 0.29) is 24.0 Å². The van der Waals surface area contributed by atoms with Crippen molar-refractivity contribution in [1.29, 1.82) is 0 Å². The van der Waals surface area contributed by atoms with Gasteiger partial charge in [-0.25, -0.2) is 0 Å². The minimum Gasteiger partial charge on any atom is -0.382 e. The fourth-order valence-electron chi connectivity index (χ4n) is 1.70. The Morgan fingerprint density at radius 2 is 2.14 bits per heavy atom. The van der Waals surface area contributed by atoms with Crippen LogP contribution in [0.15, 0.2) is 29.4 Å². The lowest BCUT2D eigenvalue weighted by atomic mass is 10.3. The molecule has 120 valence electrons. The summed E-state index contributed by atoms with van der Waals surface area (Å²) in [6.07, 6.45) is 3.66. The first-order chi connectivity index (χ1) is 9.86. The molecule has 1 aromatic heterocycles. The van der Waals surface area contributed by atoms with Gasteiger partial charge >= 0.3 is 0 Å². The van der Waals surface area contributed by atoms with Crippen LogP contribution in [0.1, 0.15) is 26.0 Å². The van der Waals surface area contributed by atoms with E-state index in [2.05, 4.69) is 27.5 Å². The first-order valence-electron chi connectivity index (χ1n) is 7.36. The molecule has 0 atom stereocenters.